The van der Waals surface area contributed by atoms with Gasteiger partial charge in [0.1, 0.15) is 0 Å². The summed E-state index contributed by atoms with van der Waals surface area (Å²) in [6, 6.07) is 0. The van der Waals surface area contributed by atoms with Crippen LogP contribution in [0.4, 0.5) is 0 Å². The van der Waals surface area contributed by atoms with Crippen molar-refractivity contribution in [2.75, 3.05) is 0 Å². The maximum Gasteiger partial charge on any atom is 0.345 e. The van der Waals surface area contributed by atoms with Crippen LogP contribution in [-0.2, 0) is 14.3 Å². The van der Waals surface area contributed by atoms with Crippen molar-refractivity contribution in [1.29, 1.82) is 0 Å². The summed E-state index contributed by atoms with van der Waals surface area (Å²) in [5.41, 5.74) is -0.634. The number of carbonyl (C=O) groups is 2. The van der Waals surface area contributed by atoms with Gasteiger partial charge in [0.05, 0.1) is 6.42 Å². The molecule has 0 bridgehead atoms. The molecule has 0 radical (unpaired) electrons. The Balaban J connectivity index is 2.87. The summed E-state index contributed by atoms with van der Waals surface area (Å²) in [4.78, 5) is 21.7. The molecule has 1 heterocycles. The van der Waals surface area contributed by atoms with Gasteiger partial charge in [-0.3, -0.25) is 4.79 Å². The third kappa shape index (κ3) is 1.71. The molecule has 1 aliphatic heterocycles. The third-order valence-corrected chi connectivity index (χ3v) is 2.27. The van der Waals surface area contributed by atoms with Gasteiger partial charge in [-0.2, -0.15) is 0 Å². The number of hydrogen-bond acceptors (Lipinski definition) is 3. The number of esters is 1. The van der Waals surface area contributed by atoms with Crippen molar-refractivity contribution in [3.8, 4) is 0 Å². The van der Waals surface area contributed by atoms with E-state index in [1.165, 1.54) is 0 Å². The first-order valence-corrected chi connectivity index (χ1v) is 4.03. The summed E-state index contributed by atoms with van der Waals surface area (Å²) < 4.78 is 4.70. The Kier molecular flexibility index (Phi) is 2.40. The van der Waals surface area contributed by atoms with Crippen LogP contribution in [0, 0.1) is 5.41 Å². The van der Waals surface area contributed by atoms with Crippen LogP contribution in [-0.4, -0.2) is 23.1 Å². The normalized spacial score (nSPS) is 32.7. The van der Waals surface area contributed by atoms with E-state index >= 15 is 0 Å². The lowest BCUT2D eigenvalue weighted by Crippen LogP contribution is -2.34. The van der Waals surface area contributed by atoms with E-state index in [4.69, 9.17) is 9.84 Å². The van der Waals surface area contributed by atoms with Crippen LogP contribution in [0.3, 0.4) is 0 Å². The van der Waals surface area contributed by atoms with Gasteiger partial charge in [0, 0.05) is 5.41 Å². The van der Waals surface area contributed by atoms with E-state index in [-0.39, 0.29) is 6.42 Å². The van der Waals surface area contributed by atoms with Gasteiger partial charge in [-0.15, -0.1) is 6.58 Å². The van der Waals surface area contributed by atoms with Crippen LogP contribution in [0.15, 0.2) is 12.7 Å². The minimum atomic E-state index is -1.09. The lowest BCUT2D eigenvalue weighted by molar-refractivity contribution is -0.159. The van der Waals surface area contributed by atoms with E-state index < -0.39 is 23.5 Å². The summed E-state index contributed by atoms with van der Waals surface area (Å²) in [6.45, 7) is 5.25. The topological polar surface area (TPSA) is 63.6 Å². The Morgan fingerprint density at radius 3 is 3.00 bits per heavy atom. The van der Waals surface area contributed by atoms with Crippen molar-refractivity contribution in [2.24, 2.45) is 5.41 Å². The minimum absolute atomic E-state index is 0.149. The Labute approximate surface area is 76.2 Å². The number of carboxylic acids is 1. The molecule has 4 heteroatoms. The van der Waals surface area contributed by atoms with Crippen molar-refractivity contribution >= 4 is 11.9 Å². The van der Waals surface area contributed by atoms with E-state index in [9.17, 15) is 9.59 Å². The van der Waals surface area contributed by atoms with Crippen molar-refractivity contribution in [3.63, 3.8) is 0 Å². The van der Waals surface area contributed by atoms with E-state index in [1.54, 1.807) is 13.0 Å². The zero-order chi connectivity index (χ0) is 10.1. The predicted octanol–water partition coefficient (Wildman–Crippen LogP) is 0.969. The summed E-state index contributed by atoms with van der Waals surface area (Å²) in [6.07, 6.45) is 1.20. The minimum Gasteiger partial charge on any atom is -0.478 e. The number of carbonyl (C=O) groups excluding carboxylic acids is 1. The molecule has 1 fully saturated rings. The van der Waals surface area contributed by atoms with Gasteiger partial charge in [-0.25, -0.2) is 4.79 Å². The van der Waals surface area contributed by atoms with Gasteiger partial charge < -0.3 is 9.84 Å². The predicted molar refractivity (Wildman–Crippen MR) is 45.1 cm³/mol. The highest BCUT2D eigenvalue weighted by Gasteiger charge is 2.48. The van der Waals surface area contributed by atoms with E-state index in [1.807, 2.05) is 0 Å². The average molecular weight is 184 g/mol. The molecule has 4 nitrogen and oxygen atoms in total. The Bertz CT molecular complexity index is 258. The zero-order valence-corrected chi connectivity index (χ0v) is 7.45. The fraction of sp³-hybridized carbons (Fsp3) is 0.556. The number of carboxylic acid groups (broad SMARTS) is 1. The smallest absolute Gasteiger partial charge is 0.345 e. The fourth-order valence-electron chi connectivity index (χ4n) is 1.60. The Morgan fingerprint density at radius 1 is 1.92 bits per heavy atom. The van der Waals surface area contributed by atoms with Gasteiger partial charge in [0.15, 0.2) is 0 Å². The molecule has 1 N–H and O–H groups in total. The highest BCUT2D eigenvalue weighted by molar-refractivity contribution is 5.83. The van der Waals surface area contributed by atoms with Gasteiger partial charge in [-0.05, 0) is 6.42 Å². The van der Waals surface area contributed by atoms with Crippen molar-refractivity contribution < 1.29 is 19.4 Å². The summed E-state index contributed by atoms with van der Waals surface area (Å²) in [5.74, 6) is -1.54. The maximum atomic E-state index is 10.9. The molecule has 0 amide bonds. The second-order valence-electron chi connectivity index (χ2n) is 3.53. The van der Waals surface area contributed by atoms with Gasteiger partial charge in [0.25, 0.3) is 0 Å². The molecule has 0 saturated carbocycles. The SMILES string of the molecule is C=CC[C@@]1(C)CC(=O)O[C@@H]1C(=O)O. The highest BCUT2D eigenvalue weighted by Crippen LogP contribution is 2.38. The highest BCUT2D eigenvalue weighted by atomic mass is 16.6. The lowest BCUT2D eigenvalue weighted by atomic mass is 9.80. The van der Waals surface area contributed by atoms with E-state index in [0.717, 1.165) is 0 Å². The van der Waals surface area contributed by atoms with Crippen molar-refractivity contribution in [3.05, 3.63) is 12.7 Å². The maximum absolute atomic E-state index is 10.9. The summed E-state index contributed by atoms with van der Waals surface area (Å²) in [7, 11) is 0. The first-order chi connectivity index (χ1) is 5.99. The third-order valence-electron chi connectivity index (χ3n) is 2.27. The van der Waals surface area contributed by atoms with Crippen molar-refractivity contribution in [1.82, 2.24) is 0 Å². The zero-order valence-electron chi connectivity index (χ0n) is 7.45. The van der Waals surface area contributed by atoms with Crippen LogP contribution in [0.5, 0.6) is 0 Å². The molecule has 1 rings (SSSR count). The number of rotatable bonds is 3. The summed E-state index contributed by atoms with van der Waals surface area (Å²) in [5, 5.41) is 8.78. The number of cyclic esters (lactones) is 1. The number of aliphatic carboxylic acids is 1. The molecular formula is C9H12O4. The second kappa shape index (κ2) is 3.20. The molecular weight excluding hydrogens is 172 g/mol. The van der Waals surface area contributed by atoms with Crippen LogP contribution in [0.2, 0.25) is 0 Å². The quantitative estimate of drug-likeness (QED) is 0.524. The first kappa shape index (κ1) is 9.77. The number of hydrogen-bond donors (Lipinski definition) is 1. The van der Waals surface area contributed by atoms with Crippen LogP contribution >= 0.6 is 0 Å². The van der Waals surface area contributed by atoms with E-state index in [2.05, 4.69) is 6.58 Å². The molecule has 1 aliphatic rings. The Hall–Kier alpha value is -1.32. The molecule has 1 saturated heterocycles. The molecule has 0 aromatic rings. The second-order valence-corrected chi connectivity index (χ2v) is 3.53. The summed E-state index contributed by atoms with van der Waals surface area (Å²) >= 11 is 0. The molecule has 0 unspecified atom stereocenters. The molecule has 0 aliphatic carbocycles. The number of allylic oxidation sites excluding steroid dienone is 1. The molecule has 13 heavy (non-hydrogen) atoms. The first-order valence-electron chi connectivity index (χ1n) is 4.03. The molecule has 0 spiro atoms. The van der Waals surface area contributed by atoms with Crippen molar-refractivity contribution in [2.45, 2.75) is 25.9 Å². The van der Waals surface area contributed by atoms with Crippen LogP contribution in [0.1, 0.15) is 19.8 Å². The van der Waals surface area contributed by atoms with Gasteiger partial charge >= 0.3 is 11.9 Å². The van der Waals surface area contributed by atoms with Crippen LogP contribution < -0.4 is 0 Å². The lowest BCUT2D eigenvalue weighted by Gasteiger charge is -2.23. The largest absolute Gasteiger partial charge is 0.478 e. The Morgan fingerprint density at radius 2 is 2.54 bits per heavy atom. The monoisotopic (exact) mass is 184 g/mol. The molecule has 0 aromatic heterocycles. The van der Waals surface area contributed by atoms with Crippen LogP contribution in [0.25, 0.3) is 0 Å². The van der Waals surface area contributed by atoms with Gasteiger partial charge in [-0.1, -0.05) is 13.0 Å². The molecule has 72 valence electrons. The average Bonchev–Trinajstić information content (AvgIpc) is 2.26. The molecule has 0 aromatic carbocycles. The fourth-order valence-corrected chi connectivity index (χ4v) is 1.60. The molecule has 2 atom stereocenters. The standard InChI is InChI=1S/C9H12O4/c1-3-4-9(2)5-6(10)13-7(9)8(11)12/h3,7H,1,4-5H2,2H3,(H,11,12)/t7-,9+/m1/s1. The van der Waals surface area contributed by atoms with E-state index in [0.29, 0.717) is 6.42 Å². The number of ether oxygens (including phenoxy) is 1. The van der Waals surface area contributed by atoms with Gasteiger partial charge in [0.2, 0.25) is 6.10 Å².